The van der Waals surface area contributed by atoms with Crippen LogP contribution >= 0.6 is 0 Å². The Morgan fingerprint density at radius 2 is 2.58 bits per heavy atom. The molecule has 19 heavy (non-hydrogen) atoms. The monoisotopic (exact) mass is 265 g/mol. The maximum atomic E-state index is 5.80. The number of aliphatic imine (C=N–C) groups is 1. The van der Waals surface area contributed by atoms with E-state index < -0.39 is 0 Å². The van der Waals surface area contributed by atoms with Crippen LogP contribution in [0.25, 0.3) is 0 Å². The van der Waals surface area contributed by atoms with Crippen LogP contribution in [0.3, 0.4) is 0 Å². The Labute approximate surface area is 114 Å². The van der Waals surface area contributed by atoms with Gasteiger partial charge in [0.25, 0.3) is 0 Å². The summed E-state index contributed by atoms with van der Waals surface area (Å²) >= 11 is 0. The number of aryl methyl sites for hydroxylation is 2. The summed E-state index contributed by atoms with van der Waals surface area (Å²) in [6.07, 6.45) is 8.44. The van der Waals surface area contributed by atoms with Gasteiger partial charge in [-0.2, -0.15) is 5.10 Å². The second-order valence-electron chi connectivity index (χ2n) is 4.91. The fraction of sp³-hybridized carbons (Fsp3) is 0.692. The third-order valence-corrected chi connectivity index (χ3v) is 3.20. The summed E-state index contributed by atoms with van der Waals surface area (Å²) in [7, 11) is 1.93. The first-order chi connectivity index (χ1) is 9.24. The molecule has 1 fully saturated rings. The number of nitrogens with one attached hydrogen (secondary N) is 1. The molecular formula is C13H23N5O. The van der Waals surface area contributed by atoms with Gasteiger partial charge in [-0.15, -0.1) is 0 Å². The minimum Gasteiger partial charge on any atom is -0.376 e. The number of nitrogens with two attached hydrogens (primary N) is 1. The summed E-state index contributed by atoms with van der Waals surface area (Å²) in [6.45, 7) is 2.36. The SMILES string of the molecule is Cn1cc(CCCNC(N)=NCC2CCCO2)cn1. The highest BCUT2D eigenvalue weighted by atomic mass is 16.5. The molecule has 2 rings (SSSR count). The molecule has 1 saturated heterocycles. The van der Waals surface area contributed by atoms with Crippen molar-refractivity contribution >= 4 is 5.96 Å². The number of ether oxygens (including phenoxy) is 1. The molecule has 0 amide bonds. The van der Waals surface area contributed by atoms with Gasteiger partial charge in [0.1, 0.15) is 0 Å². The van der Waals surface area contributed by atoms with Gasteiger partial charge < -0.3 is 15.8 Å². The van der Waals surface area contributed by atoms with Crippen molar-refractivity contribution < 1.29 is 4.74 Å². The highest BCUT2D eigenvalue weighted by molar-refractivity contribution is 5.77. The van der Waals surface area contributed by atoms with Crippen molar-refractivity contribution in [3.63, 3.8) is 0 Å². The molecule has 1 atom stereocenters. The lowest BCUT2D eigenvalue weighted by molar-refractivity contribution is 0.118. The van der Waals surface area contributed by atoms with E-state index >= 15 is 0 Å². The van der Waals surface area contributed by atoms with Crippen LogP contribution in [0.2, 0.25) is 0 Å². The summed E-state index contributed by atoms with van der Waals surface area (Å²) in [4.78, 5) is 4.30. The van der Waals surface area contributed by atoms with E-state index in [-0.39, 0.29) is 6.10 Å². The number of hydrogen-bond acceptors (Lipinski definition) is 3. The van der Waals surface area contributed by atoms with E-state index in [0.29, 0.717) is 12.5 Å². The quantitative estimate of drug-likeness (QED) is 0.444. The van der Waals surface area contributed by atoms with Crippen LogP contribution in [0, 0.1) is 0 Å². The zero-order valence-corrected chi connectivity index (χ0v) is 11.5. The molecule has 6 nitrogen and oxygen atoms in total. The van der Waals surface area contributed by atoms with Crippen LogP contribution in [-0.2, 0) is 18.2 Å². The molecule has 3 N–H and O–H groups in total. The van der Waals surface area contributed by atoms with E-state index in [0.717, 1.165) is 38.8 Å². The Kier molecular flexibility index (Phi) is 5.20. The number of nitrogens with zero attached hydrogens (tertiary/aromatic N) is 3. The Hall–Kier alpha value is -1.56. The highest BCUT2D eigenvalue weighted by Gasteiger charge is 2.14. The standard InChI is InChI=1S/C13H23N5O/c1-18-10-11(8-17-18)4-2-6-15-13(14)16-9-12-5-3-7-19-12/h8,10,12H,2-7,9H2,1H3,(H3,14,15,16). The van der Waals surface area contributed by atoms with Crippen LogP contribution < -0.4 is 11.1 Å². The van der Waals surface area contributed by atoms with E-state index in [1.807, 2.05) is 24.1 Å². The van der Waals surface area contributed by atoms with E-state index in [4.69, 9.17) is 10.5 Å². The predicted molar refractivity (Wildman–Crippen MR) is 75.0 cm³/mol. The molecule has 1 aliphatic heterocycles. The Balaban J connectivity index is 1.57. The molecule has 0 bridgehead atoms. The molecule has 1 aromatic heterocycles. The molecule has 106 valence electrons. The smallest absolute Gasteiger partial charge is 0.188 e. The zero-order valence-electron chi connectivity index (χ0n) is 11.5. The zero-order chi connectivity index (χ0) is 13.5. The Morgan fingerprint density at radius 1 is 1.68 bits per heavy atom. The van der Waals surface area contributed by atoms with Gasteiger partial charge in [0.2, 0.25) is 0 Å². The Morgan fingerprint density at radius 3 is 3.26 bits per heavy atom. The average Bonchev–Trinajstić information content (AvgIpc) is 3.04. The molecule has 6 heteroatoms. The first-order valence-corrected chi connectivity index (χ1v) is 6.87. The van der Waals surface area contributed by atoms with E-state index in [2.05, 4.69) is 15.4 Å². The Bertz CT molecular complexity index is 409. The molecular weight excluding hydrogens is 242 g/mol. The normalized spacial score (nSPS) is 19.8. The van der Waals surface area contributed by atoms with E-state index in [1.165, 1.54) is 5.56 Å². The maximum Gasteiger partial charge on any atom is 0.188 e. The summed E-state index contributed by atoms with van der Waals surface area (Å²) in [5.74, 6) is 0.515. The molecule has 1 unspecified atom stereocenters. The second kappa shape index (κ2) is 7.13. The molecule has 0 aromatic carbocycles. The van der Waals surface area contributed by atoms with Crippen LogP contribution in [0.15, 0.2) is 17.4 Å². The van der Waals surface area contributed by atoms with Gasteiger partial charge in [0.05, 0.1) is 18.8 Å². The summed E-state index contributed by atoms with van der Waals surface area (Å²) in [5.41, 5.74) is 7.05. The predicted octanol–water partition coefficient (Wildman–Crippen LogP) is 0.436. The van der Waals surface area contributed by atoms with Gasteiger partial charge in [-0.1, -0.05) is 0 Å². The molecule has 0 saturated carbocycles. The van der Waals surface area contributed by atoms with Crippen LogP contribution in [0.5, 0.6) is 0 Å². The minimum atomic E-state index is 0.260. The van der Waals surface area contributed by atoms with Crippen molar-refractivity contribution in [2.24, 2.45) is 17.8 Å². The number of hydrogen-bond donors (Lipinski definition) is 2. The van der Waals surface area contributed by atoms with Crippen LogP contribution in [0.1, 0.15) is 24.8 Å². The molecule has 1 aromatic rings. The molecule has 0 aliphatic carbocycles. The fourth-order valence-corrected chi connectivity index (χ4v) is 2.15. The topological polar surface area (TPSA) is 77.5 Å². The number of rotatable bonds is 6. The van der Waals surface area contributed by atoms with Crippen LogP contribution in [0.4, 0.5) is 0 Å². The summed E-state index contributed by atoms with van der Waals surface area (Å²) < 4.78 is 7.31. The first kappa shape index (κ1) is 13.9. The van der Waals surface area contributed by atoms with Crippen molar-refractivity contribution in [2.75, 3.05) is 19.7 Å². The lowest BCUT2D eigenvalue weighted by Gasteiger charge is -2.08. The summed E-state index contributed by atoms with van der Waals surface area (Å²) in [5, 5.41) is 7.27. The molecule has 2 heterocycles. The van der Waals surface area contributed by atoms with Crippen molar-refractivity contribution in [3.05, 3.63) is 18.0 Å². The van der Waals surface area contributed by atoms with Crippen molar-refractivity contribution in [3.8, 4) is 0 Å². The van der Waals surface area contributed by atoms with Crippen molar-refractivity contribution in [1.29, 1.82) is 0 Å². The lowest BCUT2D eigenvalue weighted by Crippen LogP contribution is -2.33. The first-order valence-electron chi connectivity index (χ1n) is 6.87. The third-order valence-electron chi connectivity index (χ3n) is 3.20. The van der Waals surface area contributed by atoms with E-state index in [9.17, 15) is 0 Å². The molecule has 1 aliphatic rings. The number of aromatic nitrogens is 2. The molecule has 0 radical (unpaired) electrons. The second-order valence-corrected chi connectivity index (χ2v) is 4.91. The third kappa shape index (κ3) is 4.90. The minimum absolute atomic E-state index is 0.260. The largest absolute Gasteiger partial charge is 0.376 e. The summed E-state index contributed by atoms with van der Waals surface area (Å²) in [6, 6.07) is 0. The van der Waals surface area contributed by atoms with E-state index in [1.54, 1.807) is 0 Å². The van der Waals surface area contributed by atoms with Crippen LogP contribution in [-0.4, -0.2) is 41.5 Å². The van der Waals surface area contributed by atoms with Gasteiger partial charge in [0, 0.05) is 26.4 Å². The van der Waals surface area contributed by atoms with Gasteiger partial charge in [-0.05, 0) is 31.2 Å². The van der Waals surface area contributed by atoms with Gasteiger partial charge in [-0.3, -0.25) is 9.67 Å². The van der Waals surface area contributed by atoms with Gasteiger partial charge in [-0.25, -0.2) is 0 Å². The highest BCUT2D eigenvalue weighted by Crippen LogP contribution is 2.11. The number of guanidine groups is 1. The lowest BCUT2D eigenvalue weighted by atomic mass is 10.2. The van der Waals surface area contributed by atoms with Gasteiger partial charge >= 0.3 is 0 Å². The van der Waals surface area contributed by atoms with Gasteiger partial charge in [0.15, 0.2) is 5.96 Å². The van der Waals surface area contributed by atoms with Crippen molar-refractivity contribution in [1.82, 2.24) is 15.1 Å². The average molecular weight is 265 g/mol. The van der Waals surface area contributed by atoms with Crippen molar-refractivity contribution in [2.45, 2.75) is 31.8 Å². The molecule has 0 spiro atoms. The maximum absolute atomic E-state index is 5.80. The fourth-order valence-electron chi connectivity index (χ4n) is 2.15.